The van der Waals surface area contributed by atoms with Crippen LogP contribution in [0.2, 0.25) is 0 Å². The Balaban J connectivity index is 1.13. The van der Waals surface area contributed by atoms with Crippen LogP contribution in [-0.2, 0) is 4.74 Å². The van der Waals surface area contributed by atoms with Crippen molar-refractivity contribution in [3.8, 4) is 5.88 Å². The number of hydrogen-bond acceptors (Lipinski definition) is 7. The molecule has 2 N–H and O–H groups in total. The number of carbonyl (C=O) groups is 1. The highest BCUT2D eigenvalue weighted by Crippen LogP contribution is 2.40. The number of anilines is 2. The Kier molecular flexibility index (Phi) is 6.69. The quantitative estimate of drug-likeness (QED) is 0.510. The Morgan fingerprint density at radius 2 is 2.03 bits per heavy atom. The van der Waals surface area contributed by atoms with E-state index in [0.717, 1.165) is 74.9 Å². The number of H-pyrrole nitrogens is 1. The molecule has 11 heteroatoms. The lowest BCUT2D eigenvalue weighted by Gasteiger charge is -2.37. The topological polar surface area (TPSA) is 118 Å². The molecule has 2 aliphatic heterocycles. The molecule has 1 aliphatic carbocycles. The van der Waals surface area contributed by atoms with Crippen molar-refractivity contribution < 1.29 is 14.3 Å². The molecule has 1 atom stereocenters. The summed E-state index contributed by atoms with van der Waals surface area (Å²) in [5, 5.41) is 10.8. The highest BCUT2D eigenvalue weighted by atomic mass is 16.5. The van der Waals surface area contributed by atoms with Crippen LogP contribution in [0, 0.1) is 0 Å². The number of urea groups is 1. The van der Waals surface area contributed by atoms with Gasteiger partial charge >= 0.3 is 6.03 Å². The Hall–Kier alpha value is -3.60. The lowest BCUT2D eigenvalue weighted by Crippen LogP contribution is -2.47. The molecule has 2 saturated heterocycles. The summed E-state index contributed by atoms with van der Waals surface area (Å²) in [5.41, 5.74) is 3.03. The fourth-order valence-electron chi connectivity index (χ4n) is 5.65. The van der Waals surface area contributed by atoms with Crippen molar-refractivity contribution in [3.05, 3.63) is 40.4 Å². The SMILES string of the molecule is COc1n[nH]c2ncc(N3CCC(N(C)C(=O)Nc4cc(C5CC5)cn([C@H]5CCCOC5)c4=O)CC3)cc12. The van der Waals surface area contributed by atoms with E-state index in [9.17, 15) is 9.59 Å². The van der Waals surface area contributed by atoms with Crippen LogP contribution in [0.4, 0.5) is 16.2 Å². The highest BCUT2D eigenvalue weighted by molar-refractivity contribution is 5.89. The molecule has 3 aliphatic rings. The summed E-state index contributed by atoms with van der Waals surface area (Å²) in [6.07, 6.45) is 9.56. The zero-order chi connectivity index (χ0) is 26.2. The summed E-state index contributed by atoms with van der Waals surface area (Å²) < 4.78 is 12.8. The normalized spacial score (nSPS) is 20.5. The van der Waals surface area contributed by atoms with Crippen molar-refractivity contribution in [2.45, 2.75) is 56.5 Å². The van der Waals surface area contributed by atoms with E-state index in [1.165, 1.54) is 0 Å². The number of piperidine rings is 1. The molecular weight excluding hydrogens is 486 g/mol. The van der Waals surface area contributed by atoms with E-state index in [2.05, 4.69) is 25.4 Å². The first-order valence-corrected chi connectivity index (χ1v) is 13.5. The maximum atomic E-state index is 13.4. The Labute approximate surface area is 221 Å². The summed E-state index contributed by atoms with van der Waals surface area (Å²) in [4.78, 5) is 35.1. The van der Waals surface area contributed by atoms with Gasteiger partial charge in [-0.25, -0.2) is 9.78 Å². The van der Waals surface area contributed by atoms with Crippen LogP contribution >= 0.6 is 0 Å². The van der Waals surface area contributed by atoms with Crippen molar-refractivity contribution in [1.82, 2.24) is 24.6 Å². The molecule has 3 fully saturated rings. The molecule has 0 spiro atoms. The standard InChI is InChI=1S/C27H35N7O4/c1-32(19-7-9-33(10-8-19)21-13-22-24(28-14-21)30-31-25(22)37-2)27(36)29-23-12-18(17-5-6-17)15-34(26(23)35)20-4-3-11-38-16-20/h12-15,17,19-20H,3-11,16H2,1-2H3,(H,29,36)(H,28,30,31)/t20-/m0/s1. The Morgan fingerprint density at radius 3 is 2.74 bits per heavy atom. The molecule has 11 nitrogen and oxygen atoms in total. The molecule has 2 amide bonds. The molecule has 3 aromatic heterocycles. The minimum atomic E-state index is -0.244. The van der Waals surface area contributed by atoms with E-state index in [4.69, 9.17) is 9.47 Å². The maximum Gasteiger partial charge on any atom is 0.321 e. The minimum Gasteiger partial charge on any atom is -0.479 e. The maximum absolute atomic E-state index is 13.4. The minimum absolute atomic E-state index is 0.0170. The average Bonchev–Trinajstić information content (AvgIpc) is 3.73. The second kappa shape index (κ2) is 10.3. The number of methoxy groups -OCH3 is 1. The monoisotopic (exact) mass is 521 g/mol. The van der Waals surface area contributed by atoms with Crippen LogP contribution in [0.25, 0.3) is 11.0 Å². The largest absolute Gasteiger partial charge is 0.479 e. The number of amides is 2. The number of rotatable bonds is 6. The molecular formula is C27H35N7O4. The molecule has 202 valence electrons. The molecule has 0 bridgehead atoms. The number of pyridine rings is 2. The van der Waals surface area contributed by atoms with E-state index in [1.807, 2.05) is 31.6 Å². The van der Waals surface area contributed by atoms with Crippen molar-refractivity contribution in [1.29, 1.82) is 0 Å². The van der Waals surface area contributed by atoms with Crippen LogP contribution in [-0.4, -0.2) is 77.2 Å². The second-order valence-electron chi connectivity index (χ2n) is 10.6. The van der Waals surface area contributed by atoms with Gasteiger partial charge in [0.1, 0.15) is 5.69 Å². The molecule has 6 rings (SSSR count). The van der Waals surface area contributed by atoms with Gasteiger partial charge in [-0.3, -0.25) is 9.89 Å². The number of hydrogen-bond donors (Lipinski definition) is 2. The van der Waals surface area contributed by atoms with Gasteiger partial charge in [-0.1, -0.05) is 0 Å². The molecule has 0 unspecified atom stereocenters. The number of aromatic amines is 1. The molecule has 1 saturated carbocycles. The smallest absolute Gasteiger partial charge is 0.321 e. The van der Waals surface area contributed by atoms with Gasteiger partial charge in [-0.05, 0) is 62.1 Å². The van der Waals surface area contributed by atoms with Crippen LogP contribution in [0.3, 0.4) is 0 Å². The van der Waals surface area contributed by atoms with Gasteiger partial charge < -0.3 is 29.2 Å². The van der Waals surface area contributed by atoms with Gasteiger partial charge in [0.25, 0.3) is 5.56 Å². The number of ether oxygens (including phenoxy) is 2. The van der Waals surface area contributed by atoms with Crippen molar-refractivity contribution in [2.24, 2.45) is 0 Å². The van der Waals surface area contributed by atoms with Gasteiger partial charge in [-0.15, -0.1) is 5.10 Å². The third-order valence-electron chi connectivity index (χ3n) is 8.14. The summed E-state index contributed by atoms with van der Waals surface area (Å²) in [6.45, 7) is 2.86. The van der Waals surface area contributed by atoms with Crippen LogP contribution in [0.5, 0.6) is 5.88 Å². The molecule has 3 aromatic rings. The van der Waals surface area contributed by atoms with Gasteiger partial charge in [0.05, 0.1) is 37.0 Å². The lowest BCUT2D eigenvalue weighted by atomic mass is 10.0. The summed E-state index contributed by atoms with van der Waals surface area (Å²) in [7, 11) is 3.41. The first kappa shape index (κ1) is 24.7. The molecule has 38 heavy (non-hydrogen) atoms. The van der Waals surface area contributed by atoms with E-state index >= 15 is 0 Å². The van der Waals surface area contributed by atoms with Gasteiger partial charge in [-0.2, -0.15) is 0 Å². The van der Waals surface area contributed by atoms with Crippen molar-refractivity contribution >= 4 is 28.4 Å². The van der Waals surface area contributed by atoms with Crippen molar-refractivity contribution in [3.63, 3.8) is 0 Å². The highest BCUT2D eigenvalue weighted by Gasteiger charge is 2.30. The number of fused-ring (bicyclic) bond motifs is 1. The van der Waals surface area contributed by atoms with Gasteiger partial charge in [0.15, 0.2) is 5.65 Å². The summed E-state index contributed by atoms with van der Waals surface area (Å²) in [6, 6.07) is 3.76. The van der Waals surface area contributed by atoms with Crippen LogP contribution in [0.1, 0.15) is 56.0 Å². The number of carbonyl (C=O) groups excluding carboxylic acids is 1. The third kappa shape index (κ3) is 4.82. The second-order valence-corrected chi connectivity index (χ2v) is 10.6. The molecule has 5 heterocycles. The van der Waals surface area contributed by atoms with Crippen molar-refractivity contribution in [2.75, 3.05) is 50.7 Å². The zero-order valence-electron chi connectivity index (χ0n) is 22.0. The van der Waals surface area contributed by atoms with E-state index in [-0.39, 0.29) is 23.7 Å². The average molecular weight is 522 g/mol. The van der Waals surface area contributed by atoms with E-state index in [1.54, 1.807) is 16.6 Å². The first-order valence-electron chi connectivity index (χ1n) is 13.5. The third-order valence-corrected chi connectivity index (χ3v) is 8.14. The fourth-order valence-corrected chi connectivity index (χ4v) is 5.65. The number of aromatic nitrogens is 4. The van der Waals surface area contributed by atoms with Crippen LogP contribution < -0.4 is 20.5 Å². The lowest BCUT2D eigenvalue weighted by molar-refractivity contribution is 0.0580. The predicted molar refractivity (Wildman–Crippen MR) is 144 cm³/mol. The van der Waals surface area contributed by atoms with E-state index < -0.39 is 0 Å². The number of nitrogens with zero attached hydrogens (tertiary/aromatic N) is 5. The van der Waals surface area contributed by atoms with E-state index in [0.29, 0.717) is 29.7 Å². The van der Waals surface area contributed by atoms with Crippen LogP contribution in [0.15, 0.2) is 29.3 Å². The Bertz CT molecular complexity index is 1370. The first-order chi connectivity index (χ1) is 18.5. The number of nitrogens with one attached hydrogen (secondary N) is 2. The van der Waals surface area contributed by atoms with Gasteiger partial charge in [0.2, 0.25) is 5.88 Å². The summed E-state index contributed by atoms with van der Waals surface area (Å²) in [5.74, 6) is 1.00. The predicted octanol–water partition coefficient (Wildman–Crippen LogP) is 3.49. The zero-order valence-corrected chi connectivity index (χ0v) is 22.0. The molecule has 0 radical (unpaired) electrons. The Morgan fingerprint density at radius 1 is 1.21 bits per heavy atom. The summed E-state index contributed by atoms with van der Waals surface area (Å²) >= 11 is 0. The fraction of sp³-hybridized carbons (Fsp3) is 0.556. The van der Waals surface area contributed by atoms with Gasteiger partial charge in [0, 0.05) is 39.0 Å². The molecule has 0 aromatic carbocycles.